The molecular formula is C30H35N5O3. The van der Waals surface area contributed by atoms with E-state index in [0.717, 1.165) is 68.3 Å². The minimum absolute atomic E-state index is 0.103. The zero-order chi connectivity index (χ0) is 26.5. The van der Waals surface area contributed by atoms with Crippen molar-refractivity contribution in [1.29, 1.82) is 0 Å². The Morgan fingerprint density at radius 2 is 1.47 bits per heavy atom. The zero-order valence-electron chi connectivity index (χ0n) is 22.0. The summed E-state index contributed by atoms with van der Waals surface area (Å²) >= 11 is 0. The van der Waals surface area contributed by atoms with Crippen molar-refractivity contribution in [2.24, 2.45) is 0 Å². The fourth-order valence-corrected chi connectivity index (χ4v) is 4.76. The van der Waals surface area contributed by atoms with Gasteiger partial charge in [0, 0.05) is 49.3 Å². The summed E-state index contributed by atoms with van der Waals surface area (Å²) in [5.41, 5.74) is 5.04. The fraction of sp³-hybridized carbons (Fsp3) is 0.333. The summed E-state index contributed by atoms with van der Waals surface area (Å²) in [6.07, 6.45) is 2.96. The minimum Gasteiger partial charge on any atom is -0.495 e. The van der Waals surface area contributed by atoms with Crippen LogP contribution in [0.2, 0.25) is 0 Å². The van der Waals surface area contributed by atoms with Crippen LogP contribution in [0.15, 0.2) is 66.7 Å². The summed E-state index contributed by atoms with van der Waals surface area (Å²) in [6, 6.07) is 21.3. The van der Waals surface area contributed by atoms with Crippen molar-refractivity contribution >= 4 is 34.7 Å². The summed E-state index contributed by atoms with van der Waals surface area (Å²) < 4.78 is 5.55. The number of carbonyl (C=O) groups is 2. The lowest BCUT2D eigenvalue weighted by molar-refractivity contribution is 0.0951. The van der Waals surface area contributed by atoms with Gasteiger partial charge in [-0.05, 0) is 67.3 Å². The van der Waals surface area contributed by atoms with Gasteiger partial charge in [-0.3, -0.25) is 4.79 Å². The zero-order valence-corrected chi connectivity index (χ0v) is 22.0. The molecule has 8 nitrogen and oxygen atoms in total. The first-order chi connectivity index (χ1) is 18.5. The third-order valence-electron chi connectivity index (χ3n) is 7.08. The van der Waals surface area contributed by atoms with Crippen LogP contribution in [0.3, 0.4) is 0 Å². The molecule has 1 heterocycles. The molecule has 5 rings (SSSR count). The van der Waals surface area contributed by atoms with E-state index in [-0.39, 0.29) is 18.0 Å². The number of methoxy groups -OCH3 is 1. The number of anilines is 4. The molecule has 0 bridgehead atoms. The van der Waals surface area contributed by atoms with Crippen molar-refractivity contribution in [2.75, 3.05) is 53.7 Å². The molecule has 1 aliphatic carbocycles. The van der Waals surface area contributed by atoms with E-state index >= 15 is 0 Å². The standard InChI is InChI=1S/C30H35N5O3/c1-3-21-8-10-23(11-9-21)32-30(37)33-24-14-15-26(25(20-24)29(36)31-22-12-13-22)34-16-18-35(19-17-34)27-6-4-5-7-28(27)38-2/h4-11,14-15,20,22H,3,12-13,16-19H2,1-2H3,(H,31,36)(H2,32,33,37). The number of amides is 3. The van der Waals surface area contributed by atoms with Crippen LogP contribution in [0.25, 0.3) is 0 Å². The number of urea groups is 1. The number of para-hydroxylation sites is 2. The van der Waals surface area contributed by atoms with Crippen LogP contribution in [-0.2, 0) is 6.42 Å². The Hall–Kier alpha value is -4.20. The molecule has 2 aliphatic rings. The Kier molecular flexibility index (Phi) is 7.67. The van der Waals surface area contributed by atoms with Crippen LogP contribution in [0.5, 0.6) is 5.75 Å². The lowest BCUT2D eigenvalue weighted by atomic mass is 10.1. The first-order valence-electron chi connectivity index (χ1n) is 13.3. The van der Waals surface area contributed by atoms with Gasteiger partial charge < -0.3 is 30.5 Å². The predicted octanol–water partition coefficient (Wildman–Crippen LogP) is 5.12. The number of rotatable bonds is 8. The summed E-state index contributed by atoms with van der Waals surface area (Å²) in [4.78, 5) is 30.4. The molecule has 2 fully saturated rings. The summed E-state index contributed by atoms with van der Waals surface area (Å²) in [6.45, 7) is 5.24. The van der Waals surface area contributed by atoms with Gasteiger partial charge in [0.05, 0.1) is 18.4 Å². The van der Waals surface area contributed by atoms with Crippen LogP contribution < -0.4 is 30.5 Å². The molecule has 3 N–H and O–H groups in total. The van der Waals surface area contributed by atoms with Gasteiger partial charge in [0.2, 0.25) is 0 Å². The lowest BCUT2D eigenvalue weighted by Gasteiger charge is -2.38. The third kappa shape index (κ3) is 6.02. The first kappa shape index (κ1) is 25.4. The number of hydrogen-bond acceptors (Lipinski definition) is 5. The third-order valence-corrected chi connectivity index (χ3v) is 7.08. The molecule has 3 aromatic carbocycles. The highest BCUT2D eigenvalue weighted by molar-refractivity contribution is 6.04. The van der Waals surface area contributed by atoms with Crippen LogP contribution in [-0.4, -0.2) is 51.3 Å². The summed E-state index contributed by atoms with van der Waals surface area (Å²) in [5.74, 6) is 0.759. The molecule has 198 valence electrons. The average molecular weight is 514 g/mol. The Morgan fingerprint density at radius 3 is 2.13 bits per heavy atom. The molecule has 0 unspecified atom stereocenters. The van der Waals surface area contributed by atoms with Crippen molar-refractivity contribution in [1.82, 2.24) is 5.32 Å². The molecule has 3 amide bonds. The lowest BCUT2D eigenvalue weighted by Crippen LogP contribution is -2.47. The van der Waals surface area contributed by atoms with Crippen LogP contribution >= 0.6 is 0 Å². The van der Waals surface area contributed by atoms with Gasteiger partial charge in [-0.2, -0.15) is 0 Å². The number of benzene rings is 3. The molecule has 0 atom stereocenters. The van der Waals surface area contributed by atoms with Gasteiger partial charge in [-0.1, -0.05) is 31.2 Å². The van der Waals surface area contributed by atoms with Gasteiger partial charge in [0.15, 0.2) is 0 Å². The van der Waals surface area contributed by atoms with Crippen molar-refractivity contribution in [2.45, 2.75) is 32.2 Å². The SMILES string of the molecule is CCc1ccc(NC(=O)Nc2ccc(N3CCN(c4ccccc4OC)CC3)c(C(=O)NC3CC3)c2)cc1. The molecule has 1 saturated heterocycles. The molecule has 0 radical (unpaired) electrons. The molecule has 1 saturated carbocycles. The van der Waals surface area contributed by atoms with E-state index < -0.39 is 0 Å². The molecule has 38 heavy (non-hydrogen) atoms. The van der Waals surface area contributed by atoms with Crippen molar-refractivity contribution < 1.29 is 14.3 Å². The van der Waals surface area contributed by atoms with E-state index in [4.69, 9.17) is 4.74 Å². The number of hydrogen-bond donors (Lipinski definition) is 3. The van der Waals surface area contributed by atoms with Crippen LogP contribution in [0, 0.1) is 0 Å². The quantitative estimate of drug-likeness (QED) is 0.389. The Labute approximate surface area is 224 Å². The number of piperazine rings is 1. The highest BCUT2D eigenvalue weighted by Crippen LogP contribution is 2.31. The molecule has 0 aromatic heterocycles. The van der Waals surface area contributed by atoms with Crippen LogP contribution in [0.4, 0.5) is 27.5 Å². The number of ether oxygens (including phenoxy) is 1. The van der Waals surface area contributed by atoms with Crippen molar-refractivity contribution in [3.05, 3.63) is 77.9 Å². The average Bonchev–Trinajstić information content (AvgIpc) is 3.77. The second kappa shape index (κ2) is 11.5. The van der Waals surface area contributed by atoms with E-state index in [1.165, 1.54) is 5.56 Å². The van der Waals surface area contributed by atoms with Gasteiger partial charge in [0.25, 0.3) is 5.91 Å². The van der Waals surface area contributed by atoms with E-state index in [2.05, 4.69) is 38.7 Å². The topological polar surface area (TPSA) is 85.9 Å². The normalized spacial score (nSPS) is 15.1. The summed E-state index contributed by atoms with van der Waals surface area (Å²) in [5, 5.41) is 8.86. The van der Waals surface area contributed by atoms with Crippen LogP contribution in [0.1, 0.15) is 35.7 Å². The highest BCUT2D eigenvalue weighted by atomic mass is 16.5. The van der Waals surface area contributed by atoms with Crippen molar-refractivity contribution in [3.8, 4) is 5.75 Å². The minimum atomic E-state index is -0.346. The summed E-state index contributed by atoms with van der Waals surface area (Å²) in [7, 11) is 1.69. The predicted molar refractivity (Wildman–Crippen MR) is 153 cm³/mol. The van der Waals surface area contributed by atoms with Gasteiger partial charge in [0.1, 0.15) is 5.75 Å². The van der Waals surface area contributed by atoms with Gasteiger partial charge in [-0.15, -0.1) is 0 Å². The molecule has 3 aromatic rings. The van der Waals surface area contributed by atoms with E-state index in [1.54, 1.807) is 13.2 Å². The largest absolute Gasteiger partial charge is 0.495 e. The maximum absolute atomic E-state index is 13.2. The number of nitrogens with zero attached hydrogens (tertiary/aromatic N) is 2. The van der Waals surface area contributed by atoms with Gasteiger partial charge >= 0.3 is 6.03 Å². The maximum atomic E-state index is 13.2. The highest BCUT2D eigenvalue weighted by Gasteiger charge is 2.28. The monoisotopic (exact) mass is 513 g/mol. The second-order valence-corrected chi connectivity index (χ2v) is 9.76. The molecule has 0 spiro atoms. The van der Waals surface area contributed by atoms with E-state index in [1.807, 2.05) is 54.6 Å². The van der Waals surface area contributed by atoms with E-state index in [9.17, 15) is 9.59 Å². The van der Waals surface area contributed by atoms with E-state index in [0.29, 0.717) is 11.3 Å². The fourth-order valence-electron chi connectivity index (χ4n) is 4.76. The number of aryl methyl sites for hydroxylation is 1. The Bertz CT molecular complexity index is 1280. The smallest absolute Gasteiger partial charge is 0.323 e. The Morgan fingerprint density at radius 1 is 0.842 bits per heavy atom. The molecular weight excluding hydrogens is 478 g/mol. The van der Waals surface area contributed by atoms with Gasteiger partial charge in [-0.25, -0.2) is 4.79 Å². The maximum Gasteiger partial charge on any atom is 0.323 e. The van der Waals surface area contributed by atoms with Crippen molar-refractivity contribution in [3.63, 3.8) is 0 Å². The molecule has 8 heteroatoms. The first-order valence-corrected chi connectivity index (χ1v) is 13.3. The Balaban J connectivity index is 1.30. The number of nitrogens with one attached hydrogen (secondary N) is 3. The second-order valence-electron chi connectivity index (χ2n) is 9.76. The number of carbonyl (C=O) groups excluding carboxylic acids is 2. The molecule has 1 aliphatic heterocycles.